The Balaban J connectivity index is -0.00000000121. The summed E-state index contributed by atoms with van der Waals surface area (Å²) in [5.74, 6) is 0. The average Bonchev–Trinajstić information content (AvgIpc) is 0.722. The molecule has 0 heterocycles. The van der Waals surface area contributed by atoms with E-state index in [-0.39, 0.29) is 83.3 Å². The molecule has 17 heteroatoms. The fraction of sp³-hybridized carbons (Fsp3) is 0. The summed E-state index contributed by atoms with van der Waals surface area (Å²) >= 11 is 0. The summed E-state index contributed by atoms with van der Waals surface area (Å²) in [6.07, 6.45) is 0. The Morgan fingerprint density at radius 1 is 0.471 bits per heavy atom. The van der Waals surface area contributed by atoms with Gasteiger partial charge in [0, 0.05) is 10.4 Å². The van der Waals surface area contributed by atoms with Gasteiger partial charge in [0.2, 0.25) is 0 Å². The molecule has 0 radical (unpaired) electrons. The molecule has 0 aliphatic rings. The molecule has 0 amide bonds. The van der Waals surface area contributed by atoms with Crippen LogP contribution in [0.2, 0.25) is 0 Å². The molecule has 0 aliphatic heterocycles. The molecule has 0 spiro atoms. The van der Waals surface area contributed by atoms with E-state index in [2.05, 4.69) is 0 Å². The molecule has 22 N–H and O–H groups in total. The van der Waals surface area contributed by atoms with Crippen LogP contribution in [0.3, 0.4) is 0 Å². The predicted octanol–water partition coefficient (Wildman–Crippen LogP) is -10.8. The van der Waals surface area contributed by atoms with Crippen molar-refractivity contribution in [3.8, 4) is 0 Å². The second-order valence-electron chi connectivity index (χ2n) is 0.408. The van der Waals surface area contributed by atoms with Gasteiger partial charge in [0.05, 0.1) is 0 Å². The number of hydrogen-bond donors (Lipinski definition) is 0. The Morgan fingerprint density at radius 2 is 0.471 bits per heavy atom. The van der Waals surface area contributed by atoms with Crippen LogP contribution in [0.1, 0.15) is 0 Å². The van der Waals surface area contributed by atoms with Crippen LogP contribution in [0.25, 0.3) is 0 Å². The molecule has 0 saturated carbocycles. The summed E-state index contributed by atoms with van der Waals surface area (Å²) in [7, 11) is -5.17. The quantitative estimate of drug-likeness (QED) is 0.238. The summed E-state index contributed by atoms with van der Waals surface area (Å²) in [5.41, 5.74) is 0. The Bertz CT molecular complexity index is 94.1. The van der Waals surface area contributed by atoms with E-state index in [1.165, 1.54) is 0 Å². The van der Waals surface area contributed by atoms with Crippen molar-refractivity contribution >= 4 is 33.5 Å². The van der Waals surface area contributed by atoms with Crippen LogP contribution in [0.4, 0.5) is 0 Å². The van der Waals surface area contributed by atoms with Gasteiger partial charge in [0.25, 0.3) is 0 Å². The molecular formula is H22MgO15S. The van der Waals surface area contributed by atoms with Gasteiger partial charge >= 0.3 is 23.1 Å². The Hall–Kier alpha value is 0.196. The first-order valence-corrected chi connectivity index (χ1v) is 2.00. The van der Waals surface area contributed by atoms with Gasteiger partial charge in [-0.3, -0.25) is 8.42 Å². The van der Waals surface area contributed by atoms with Crippen molar-refractivity contribution < 1.29 is 77.8 Å². The van der Waals surface area contributed by atoms with E-state index in [4.69, 9.17) is 17.5 Å². The van der Waals surface area contributed by atoms with Crippen LogP contribution in [0, 0.1) is 0 Å². The maximum Gasteiger partial charge on any atom is 2.00 e. The second-order valence-corrected chi connectivity index (χ2v) is 1.22. The van der Waals surface area contributed by atoms with Crippen LogP contribution in [0.15, 0.2) is 0 Å². The topological polar surface area (TPSA) is 427 Å². The second kappa shape index (κ2) is 97.4. The van der Waals surface area contributed by atoms with E-state index in [9.17, 15) is 0 Å². The van der Waals surface area contributed by atoms with Gasteiger partial charge in [-0.2, -0.15) is 0 Å². The van der Waals surface area contributed by atoms with Gasteiger partial charge in [0.15, 0.2) is 0 Å². The normalized spacial score (nSPS) is 3.41. The summed E-state index contributed by atoms with van der Waals surface area (Å²) < 4.78 is 34.1. The van der Waals surface area contributed by atoms with Crippen molar-refractivity contribution in [2.24, 2.45) is 0 Å². The molecule has 0 aromatic heterocycles. The molecule has 0 aromatic rings. The first-order valence-electron chi connectivity index (χ1n) is 0.667. The van der Waals surface area contributed by atoms with Crippen LogP contribution >= 0.6 is 0 Å². The zero-order chi connectivity index (χ0) is 4.50. The molecule has 120 valence electrons. The van der Waals surface area contributed by atoms with Crippen LogP contribution in [-0.4, -0.2) is 101 Å². The minimum Gasteiger partial charge on any atom is -0.759 e. The first kappa shape index (κ1) is 256. The smallest absolute Gasteiger partial charge is 0.759 e. The van der Waals surface area contributed by atoms with Crippen molar-refractivity contribution in [1.82, 2.24) is 0 Å². The van der Waals surface area contributed by atoms with Gasteiger partial charge in [-0.05, 0) is 0 Å². The first-order chi connectivity index (χ1) is 2.00. The summed E-state index contributed by atoms with van der Waals surface area (Å²) in [6.45, 7) is 0. The Labute approximate surface area is 112 Å². The fourth-order valence-electron chi connectivity index (χ4n) is 0. The number of hydrogen-bond acceptors (Lipinski definition) is 4. The number of rotatable bonds is 0. The predicted molar refractivity (Wildman–Crippen MR) is 56.0 cm³/mol. The van der Waals surface area contributed by atoms with Gasteiger partial charge < -0.3 is 69.3 Å². The van der Waals surface area contributed by atoms with E-state index in [0.29, 0.717) is 0 Å². The monoisotopic (exact) mass is 318 g/mol. The van der Waals surface area contributed by atoms with Gasteiger partial charge in [-0.15, -0.1) is 0 Å². The van der Waals surface area contributed by atoms with Crippen molar-refractivity contribution in [1.29, 1.82) is 0 Å². The zero-order valence-corrected chi connectivity index (χ0v) is 10.5. The summed E-state index contributed by atoms with van der Waals surface area (Å²) in [5, 5.41) is 0. The van der Waals surface area contributed by atoms with Crippen molar-refractivity contribution in [2.45, 2.75) is 0 Å². The van der Waals surface area contributed by atoms with Gasteiger partial charge in [-0.1, -0.05) is 0 Å². The molecule has 0 unspecified atom stereocenters. The van der Waals surface area contributed by atoms with Crippen molar-refractivity contribution in [3.05, 3.63) is 0 Å². The maximum atomic E-state index is 8.52. The summed E-state index contributed by atoms with van der Waals surface area (Å²) in [6, 6.07) is 0. The van der Waals surface area contributed by atoms with Crippen molar-refractivity contribution in [3.63, 3.8) is 0 Å². The SMILES string of the molecule is O.O.O.O.O.O.O.O.O.O.O.O=S(=O)([O-])[O-].[Mg+2]. The van der Waals surface area contributed by atoms with E-state index < -0.39 is 10.4 Å². The van der Waals surface area contributed by atoms with Crippen LogP contribution < -0.4 is 0 Å². The van der Waals surface area contributed by atoms with E-state index in [1.807, 2.05) is 0 Å². The molecule has 0 aliphatic carbocycles. The average molecular weight is 319 g/mol. The van der Waals surface area contributed by atoms with E-state index >= 15 is 0 Å². The Morgan fingerprint density at radius 3 is 0.471 bits per heavy atom. The van der Waals surface area contributed by atoms with Crippen LogP contribution in [-0.2, 0) is 10.4 Å². The standard InChI is InChI=1S/Mg.H2O4S.11H2O/c;1-5(2,3)4;;;;;;;;;;;/h;(H2,1,2,3,4);11*1H2/q+2;;;;;;;;;;;;/p-2. The molecule has 15 nitrogen and oxygen atoms in total. The van der Waals surface area contributed by atoms with Gasteiger partial charge in [-0.25, -0.2) is 0 Å². The van der Waals surface area contributed by atoms with E-state index in [1.54, 1.807) is 0 Å². The zero-order valence-electron chi connectivity index (χ0n) is 8.25. The van der Waals surface area contributed by atoms with Gasteiger partial charge in [0.1, 0.15) is 0 Å². The largest absolute Gasteiger partial charge is 2.00 e. The molecule has 0 aromatic carbocycles. The minimum atomic E-state index is -5.17. The fourth-order valence-corrected chi connectivity index (χ4v) is 0. The molecule has 0 bridgehead atoms. The molecule has 17 heavy (non-hydrogen) atoms. The molecule has 0 rings (SSSR count). The van der Waals surface area contributed by atoms with Crippen LogP contribution in [0.5, 0.6) is 0 Å². The molecule has 0 atom stereocenters. The summed E-state index contributed by atoms with van der Waals surface area (Å²) in [4.78, 5) is 0. The van der Waals surface area contributed by atoms with E-state index in [0.717, 1.165) is 0 Å². The minimum absolute atomic E-state index is 0. The molecular weight excluding hydrogens is 296 g/mol. The maximum absolute atomic E-state index is 8.52. The van der Waals surface area contributed by atoms with Crippen molar-refractivity contribution in [2.75, 3.05) is 0 Å². The third-order valence-electron chi connectivity index (χ3n) is 0. The Kier molecular flexibility index (Phi) is 1470. The molecule has 0 saturated heterocycles. The third kappa shape index (κ3) is 84800. The third-order valence-corrected chi connectivity index (χ3v) is 0. The molecule has 0 fully saturated rings.